The number of fused-ring (bicyclic) bond motifs is 1. The van der Waals surface area contributed by atoms with Crippen LogP contribution in [0.2, 0.25) is 0 Å². The molecule has 0 unspecified atom stereocenters. The number of nitrogens with zero attached hydrogens (tertiary/aromatic N) is 1. The second-order valence-corrected chi connectivity index (χ2v) is 4.86. The number of aliphatic hydroxyl groups excluding tert-OH is 1. The first kappa shape index (κ1) is 10.8. The molecule has 0 saturated carbocycles. The molecule has 17 heavy (non-hydrogen) atoms. The molecule has 2 aromatic rings. The fourth-order valence-electron chi connectivity index (χ4n) is 2.61. The van der Waals surface area contributed by atoms with Gasteiger partial charge in [0.1, 0.15) is 0 Å². The van der Waals surface area contributed by atoms with Crippen molar-refractivity contribution in [1.29, 1.82) is 0 Å². The van der Waals surface area contributed by atoms with Gasteiger partial charge in [-0.2, -0.15) is 0 Å². The number of nitrogens with one attached hydrogen (secondary N) is 1. The van der Waals surface area contributed by atoms with Gasteiger partial charge in [0, 0.05) is 23.1 Å². The molecule has 3 rings (SSSR count). The quantitative estimate of drug-likeness (QED) is 0.849. The molecule has 1 aliphatic rings. The van der Waals surface area contributed by atoms with Crippen molar-refractivity contribution in [3.8, 4) is 0 Å². The number of hydrogen-bond acceptors (Lipinski definition) is 2. The minimum atomic E-state index is 0.114. The summed E-state index contributed by atoms with van der Waals surface area (Å²) in [5, 5.41) is 10.3. The Hall–Kier alpha value is -1.32. The van der Waals surface area contributed by atoms with Gasteiger partial charge in [-0.3, -0.25) is 4.90 Å². The number of aromatic nitrogens is 1. The third kappa shape index (κ3) is 2.21. The molecule has 90 valence electrons. The molecule has 0 aliphatic carbocycles. The number of rotatable bonds is 3. The summed E-state index contributed by atoms with van der Waals surface area (Å²) in [6.07, 6.45) is 2.66. The smallest absolute Gasteiger partial charge is 0.0682 e. The van der Waals surface area contributed by atoms with Crippen LogP contribution in [0.15, 0.2) is 24.3 Å². The SMILES string of the molecule is OCc1ccc2[nH]c(CN3CCCC3)cc2c1. The number of hydrogen-bond donors (Lipinski definition) is 2. The van der Waals surface area contributed by atoms with Crippen LogP contribution in [0.5, 0.6) is 0 Å². The molecule has 1 aromatic carbocycles. The van der Waals surface area contributed by atoms with Gasteiger partial charge in [-0.15, -0.1) is 0 Å². The predicted molar refractivity (Wildman–Crippen MR) is 68.7 cm³/mol. The van der Waals surface area contributed by atoms with Crippen molar-refractivity contribution in [3.05, 3.63) is 35.5 Å². The fraction of sp³-hybridized carbons (Fsp3) is 0.429. The molecule has 1 aromatic heterocycles. The van der Waals surface area contributed by atoms with Gasteiger partial charge in [0.15, 0.2) is 0 Å². The van der Waals surface area contributed by atoms with E-state index in [1.807, 2.05) is 12.1 Å². The van der Waals surface area contributed by atoms with E-state index in [-0.39, 0.29) is 6.61 Å². The van der Waals surface area contributed by atoms with Crippen LogP contribution < -0.4 is 0 Å². The van der Waals surface area contributed by atoms with Crippen LogP contribution in [-0.2, 0) is 13.2 Å². The molecule has 3 nitrogen and oxygen atoms in total. The minimum absolute atomic E-state index is 0.114. The van der Waals surface area contributed by atoms with E-state index in [2.05, 4.69) is 22.0 Å². The third-order valence-electron chi connectivity index (χ3n) is 3.52. The van der Waals surface area contributed by atoms with Crippen LogP contribution in [0.1, 0.15) is 24.1 Å². The average molecular weight is 230 g/mol. The zero-order valence-corrected chi connectivity index (χ0v) is 9.95. The average Bonchev–Trinajstić information content (AvgIpc) is 2.96. The van der Waals surface area contributed by atoms with Crippen molar-refractivity contribution in [2.75, 3.05) is 13.1 Å². The summed E-state index contributed by atoms with van der Waals surface area (Å²) in [4.78, 5) is 5.93. The molecule has 1 saturated heterocycles. The van der Waals surface area contributed by atoms with Gasteiger partial charge in [-0.05, 0) is 49.7 Å². The summed E-state index contributed by atoms with van der Waals surface area (Å²) in [5.41, 5.74) is 3.41. The Morgan fingerprint density at radius 1 is 1.18 bits per heavy atom. The Morgan fingerprint density at radius 3 is 2.76 bits per heavy atom. The highest BCUT2D eigenvalue weighted by atomic mass is 16.3. The summed E-state index contributed by atoms with van der Waals surface area (Å²) in [5.74, 6) is 0. The molecular formula is C14H18N2O. The lowest BCUT2D eigenvalue weighted by Gasteiger charge is -2.12. The third-order valence-corrected chi connectivity index (χ3v) is 3.52. The monoisotopic (exact) mass is 230 g/mol. The maximum Gasteiger partial charge on any atom is 0.0682 e. The lowest BCUT2D eigenvalue weighted by atomic mass is 10.2. The highest BCUT2D eigenvalue weighted by molar-refractivity contribution is 5.81. The molecule has 2 N–H and O–H groups in total. The standard InChI is InChI=1S/C14H18N2O/c17-10-11-3-4-14-12(7-11)8-13(15-14)9-16-5-1-2-6-16/h3-4,7-8,15,17H,1-2,5-6,9-10H2. The van der Waals surface area contributed by atoms with Gasteiger partial charge in [0.05, 0.1) is 6.61 Å². The largest absolute Gasteiger partial charge is 0.392 e. The summed E-state index contributed by atoms with van der Waals surface area (Å²) in [7, 11) is 0. The second kappa shape index (κ2) is 4.51. The number of aliphatic hydroxyl groups is 1. The maximum absolute atomic E-state index is 9.12. The van der Waals surface area contributed by atoms with Crippen LogP contribution in [-0.4, -0.2) is 28.1 Å². The van der Waals surface area contributed by atoms with Gasteiger partial charge in [-0.25, -0.2) is 0 Å². The van der Waals surface area contributed by atoms with E-state index in [1.54, 1.807) is 0 Å². The Bertz CT molecular complexity index is 512. The Morgan fingerprint density at radius 2 is 2.00 bits per heavy atom. The van der Waals surface area contributed by atoms with E-state index in [4.69, 9.17) is 5.11 Å². The number of aromatic amines is 1. The van der Waals surface area contributed by atoms with Crippen molar-refractivity contribution < 1.29 is 5.11 Å². The van der Waals surface area contributed by atoms with Crippen LogP contribution in [0.3, 0.4) is 0 Å². The van der Waals surface area contributed by atoms with Gasteiger partial charge < -0.3 is 10.1 Å². The van der Waals surface area contributed by atoms with Crippen molar-refractivity contribution in [2.45, 2.75) is 26.0 Å². The van der Waals surface area contributed by atoms with Crippen LogP contribution in [0, 0.1) is 0 Å². The molecule has 0 bridgehead atoms. The second-order valence-electron chi connectivity index (χ2n) is 4.86. The lowest BCUT2D eigenvalue weighted by molar-refractivity contribution is 0.282. The summed E-state index contributed by atoms with van der Waals surface area (Å²) in [6, 6.07) is 8.28. The number of benzene rings is 1. The zero-order chi connectivity index (χ0) is 11.7. The number of H-pyrrole nitrogens is 1. The molecule has 0 radical (unpaired) electrons. The Balaban J connectivity index is 1.85. The summed E-state index contributed by atoms with van der Waals surface area (Å²) >= 11 is 0. The fourth-order valence-corrected chi connectivity index (χ4v) is 2.61. The maximum atomic E-state index is 9.12. The van der Waals surface area contributed by atoms with Crippen LogP contribution in [0.4, 0.5) is 0 Å². The predicted octanol–water partition coefficient (Wildman–Crippen LogP) is 2.26. The van der Waals surface area contributed by atoms with Crippen molar-refractivity contribution in [3.63, 3.8) is 0 Å². The molecule has 3 heteroatoms. The molecule has 0 spiro atoms. The number of likely N-dealkylation sites (tertiary alicyclic amines) is 1. The molecule has 0 atom stereocenters. The highest BCUT2D eigenvalue weighted by Crippen LogP contribution is 2.19. The topological polar surface area (TPSA) is 39.3 Å². The van der Waals surface area contributed by atoms with Crippen molar-refractivity contribution in [2.24, 2.45) is 0 Å². The van der Waals surface area contributed by atoms with Gasteiger partial charge in [0.25, 0.3) is 0 Å². The first-order chi connectivity index (χ1) is 8.35. The lowest BCUT2D eigenvalue weighted by Crippen LogP contribution is -2.18. The van der Waals surface area contributed by atoms with Gasteiger partial charge in [-0.1, -0.05) is 6.07 Å². The Kier molecular flexibility index (Phi) is 2.87. The van der Waals surface area contributed by atoms with Gasteiger partial charge in [0.2, 0.25) is 0 Å². The molecule has 1 fully saturated rings. The van der Waals surface area contributed by atoms with Crippen LogP contribution in [0.25, 0.3) is 10.9 Å². The van der Waals surface area contributed by atoms with E-state index in [0.29, 0.717) is 0 Å². The molecule has 0 amide bonds. The Labute approximate surface area is 101 Å². The summed E-state index contributed by atoms with van der Waals surface area (Å²) < 4.78 is 0. The molecule has 1 aliphatic heterocycles. The molecular weight excluding hydrogens is 212 g/mol. The van der Waals surface area contributed by atoms with E-state index in [9.17, 15) is 0 Å². The van der Waals surface area contributed by atoms with Crippen molar-refractivity contribution in [1.82, 2.24) is 9.88 Å². The summed E-state index contributed by atoms with van der Waals surface area (Å²) in [6.45, 7) is 3.57. The molecule has 2 heterocycles. The van der Waals surface area contributed by atoms with Gasteiger partial charge >= 0.3 is 0 Å². The first-order valence-electron chi connectivity index (χ1n) is 6.29. The normalized spacial score (nSPS) is 17.0. The minimum Gasteiger partial charge on any atom is -0.392 e. The van der Waals surface area contributed by atoms with E-state index in [0.717, 1.165) is 17.6 Å². The van der Waals surface area contributed by atoms with Crippen molar-refractivity contribution >= 4 is 10.9 Å². The first-order valence-corrected chi connectivity index (χ1v) is 6.29. The van der Waals surface area contributed by atoms with E-state index in [1.165, 1.54) is 37.0 Å². The zero-order valence-electron chi connectivity index (χ0n) is 9.95. The van der Waals surface area contributed by atoms with Crippen LogP contribution >= 0.6 is 0 Å². The highest BCUT2D eigenvalue weighted by Gasteiger charge is 2.12. The van der Waals surface area contributed by atoms with E-state index < -0.39 is 0 Å². The van der Waals surface area contributed by atoms with E-state index >= 15 is 0 Å².